The van der Waals surface area contributed by atoms with E-state index in [0.717, 1.165) is 36.7 Å². The Kier molecular flexibility index (Phi) is 4.78. The highest BCUT2D eigenvalue weighted by Crippen LogP contribution is 2.25. The van der Waals surface area contributed by atoms with E-state index in [9.17, 15) is 0 Å². The van der Waals surface area contributed by atoms with E-state index in [2.05, 4.69) is 9.88 Å². The van der Waals surface area contributed by atoms with Crippen LogP contribution in [0, 0.1) is 6.92 Å². The van der Waals surface area contributed by atoms with Gasteiger partial charge in [-0.15, -0.1) is 0 Å². The van der Waals surface area contributed by atoms with Gasteiger partial charge >= 0.3 is 0 Å². The van der Waals surface area contributed by atoms with E-state index in [4.69, 9.17) is 26.5 Å². The molecular formula is C16H20ClN3O2. The van der Waals surface area contributed by atoms with Gasteiger partial charge in [0.2, 0.25) is 5.89 Å². The van der Waals surface area contributed by atoms with Gasteiger partial charge in [-0.1, -0.05) is 17.7 Å². The average Bonchev–Trinajstić information content (AvgIpc) is 2.89. The standard InChI is InChI=1S/C16H20ClN3O2/c1-11-15(10-20-5-6-21-14(8-18)9-20)19-16(22-11)12-3-2-4-13(17)7-12/h2-4,7,14H,5-6,8-10,18H2,1H3. The molecule has 2 N–H and O–H groups in total. The fraction of sp³-hybridized carbons (Fsp3) is 0.438. The summed E-state index contributed by atoms with van der Waals surface area (Å²) in [6, 6.07) is 7.53. The fourth-order valence-corrected chi connectivity index (χ4v) is 2.79. The van der Waals surface area contributed by atoms with Crippen LogP contribution in [-0.4, -0.2) is 42.2 Å². The first-order valence-electron chi connectivity index (χ1n) is 7.42. The predicted molar refractivity (Wildman–Crippen MR) is 85.8 cm³/mol. The van der Waals surface area contributed by atoms with Crippen molar-refractivity contribution in [3.63, 3.8) is 0 Å². The molecule has 1 saturated heterocycles. The van der Waals surface area contributed by atoms with E-state index in [0.29, 0.717) is 24.1 Å². The third-order valence-corrected chi connectivity index (χ3v) is 4.06. The molecule has 1 aromatic carbocycles. The lowest BCUT2D eigenvalue weighted by molar-refractivity contribution is -0.0264. The molecule has 1 aromatic heterocycles. The van der Waals surface area contributed by atoms with Crippen molar-refractivity contribution in [2.75, 3.05) is 26.2 Å². The number of benzene rings is 1. The number of hydrogen-bond acceptors (Lipinski definition) is 5. The second-order valence-corrected chi connectivity index (χ2v) is 5.93. The normalized spacial score (nSPS) is 19.5. The highest BCUT2D eigenvalue weighted by molar-refractivity contribution is 6.30. The first-order valence-corrected chi connectivity index (χ1v) is 7.80. The minimum absolute atomic E-state index is 0.105. The van der Waals surface area contributed by atoms with Crippen LogP contribution in [0.25, 0.3) is 11.5 Å². The van der Waals surface area contributed by atoms with Gasteiger partial charge in [-0.05, 0) is 25.1 Å². The highest BCUT2D eigenvalue weighted by Gasteiger charge is 2.21. The molecule has 2 heterocycles. The molecule has 6 heteroatoms. The quantitative estimate of drug-likeness (QED) is 0.937. The maximum Gasteiger partial charge on any atom is 0.226 e. The van der Waals surface area contributed by atoms with Gasteiger partial charge in [0.1, 0.15) is 5.76 Å². The van der Waals surface area contributed by atoms with E-state index in [-0.39, 0.29) is 6.10 Å². The van der Waals surface area contributed by atoms with Crippen molar-refractivity contribution in [3.8, 4) is 11.5 Å². The monoisotopic (exact) mass is 321 g/mol. The van der Waals surface area contributed by atoms with Gasteiger partial charge in [-0.2, -0.15) is 0 Å². The zero-order chi connectivity index (χ0) is 15.5. The van der Waals surface area contributed by atoms with Crippen LogP contribution in [0.3, 0.4) is 0 Å². The number of aryl methyl sites for hydroxylation is 1. The molecule has 5 nitrogen and oxygen atoms in total. The minimum Gasteiger partial charge on any atom is -0.441 e. The summed E-state index contributed by atoms with van der Waals surface area (Å²) >= 11 is 6.03. The van der Waals surface area contributed by atoms with Crippen molar-refractivity contribution in [2.24, 2.45) is 5.73 Å². The number of aromatic nitrogens is 1. The van der Waals surface area contributed by atoms with Crippen molar-refractivity contribution >= 4 is 11.6 Å². The molecule has 1 fully saturated rings. The Labute approximate surface area is 135 Å². The molecule has 0 radical (unpaired) electrons. The molecule has 0 saturated carbocycles. The molecular weight excluding hydrogens is 302 g/mol. The lowest BCUT2D eigenvalue weighted by atomic mass is 10.2. The predicted octanol–water partition coefficient (Wildman–Crippen LogP) is 2.46. The SMILES string of the molecule is Cc1oc(-c2cccc(Cl)c2)nc1CN1CCOC(CN)C1. The van der Waals surface area contributed by atoms with E-state index in [1.54, 1.807) is 0 Å². The summed E-state index contributed by atoms with van der Waals surface area (Å²) in [7, 11) is 0. The van der Waals surface area contributed by atoms with Crippen LogP contribution < -0.4 is 5.73 Å². The van der Waals surface area contributed by atoms with Gasteiger partial charge in [-0.3, -0.25) is 4.90 Å². The number of oxazole rings is 1. The highest BCUT2D eigenvalue weighted by atomic mass is 35.5. The van der Waals surface area contributed by atoms with Gasteiger partial charge < -0.3 is 14.9 Å². The molecule has 0 bridgehead atoms. The summed E-state index contributed by atoms with van der Waals surface area (Å²) in [4.78, 5) is 6.93. The maximum absolute atomic E-state index is 6.03. The van der Waals surface area contributed by atoms with E-state index in [1.807, 2.05) is 31.2 Å². The van der Waals surface area contributed by atoms with Crippen LogP contribution >= 0.6 is 11.6 Å². The molecule has 0 spiro atoms. The maximum atomic E-state index is 6.03. The van der Waals surface area contributed by atoms with Crippen LogP contribution in [0.1, 0.15) is 11.5 Å². The van der Waals surface area contributed by atoms with Gasteiger partial charge in [0, 0.05) is 36.8 Å². The summed E-state index contributed by atoms with van der Waals surface area (Å²) in [5.41, 5.74) is 7.53. The smallest absolute Gasteiger partial charge is 0.226 e. The molecule has 0 aliphatic carbocycles. The Morgan fingerprint density at radius 2 is 2.32 bits per heavy atom. The Hall–Kier alpha value is -1.40. The first-order chi connectivity index (χ1) is 10.7. The molecule has 0 amide bonds. The molecule has 1 aliphatic heterocycles. The van der Waals surface area contributed by atoms with Crippen LogP contribution in [-0.2, 0) is 11.3 Å². The molecule has 1 aliphatic rings. The average molecular weight is 322 g/mol. The van der Waals surface area contributed by atoms with Crippen LogP contribution in [0.4, 0.5) is 0 Å². The summed E-state index contributed by atoms with van der Waals surface area (Å²) < 4.78 is 11.4. The fourth-order valence-electron chi connectivity index (χ4n) is 2.60. The summed E-state index contributed by atoms with van der Waals surface area (Å²) in [6.45, 7) is 5.65. The van der Waals surface area contributed by atoms with Crippen molar-refractivity contribution in [1.29, 1.82) is 0 Å². The second kappa shape index (κ2) is 6.79. The third-order valence-electron chi connectivity index (χ3n) is 3.82. The minimum atomic E-state index is 0.105. The number of morpholine rings is 1. The van der Waals surface area contributed by atoms with Crippen molar-refractivity contribution in [3.05, 3.63) is 40.7 Å². The lowest BCUT2D eigenvalue weighted by Crippen LogP contribution is -2.45. The van der Waals surface area contributed by atoms with Crippen LogP contribution in [0.5, 0.6) is 0 Å². The summed E-state index contributed by atoms with van der Waals surface area (Å²) in [5, 5.41) is 0.675. The first kappa shape index (κ1) is 15.5. The Morgan fingerprint density at radius 3 is 3.09 bits per heavy atom. The summed E-state index contributed by atoms with van der Waals surface area (Å²) in [6.07, 6.45) is 0.105. The lowest BCUT2D eigenvalue weighted by Gasteiger charge is -2.31. The largest absolute Gasteiger partial charge is 0.441 e. The third kappa shape index (κ3) is 3.50. The molecule has 1 unspecified atom stereocenters. The number of halogens is 1. The number of rotatable bonds is 4. The van der Waals surface area contributed by atoms with Crippen LogP contribution in [0.15, 0.2) is 28.7 Å². The number of nitrogens with zero attached hydrogens (tertiary/aromatic N) is 2. The Bertz CT molecular complexity index is 644. The van der Waals surface area contributed by atoms with E-state index >= 15 is 0 Å². The van der Waals surface area contributed by atoms with Crippen LogP contribution in [0.2, 0.25) is 5.02 Å². The molecule has 22 heavy (non-hydrogen) atoms. The Balaban J connectivity index is 1.75. The zero-order valence-electron chi connectivity index (χ0n) is 12.6. The molecule has 118 valence electrons. The number of ether oxygens (including phenoxy) is 1. The van der Waals surface area contributed by atoms with E-state index in [1.165, 1.54) is 0 Å². The van der Waals surface area contributed by atoms with Gasteiger partial charge in [0.15, 0.2) is 0 Å². The second-order valence-electron chi connectivity index (χ2n) is 5.50. The van der Waals surface area contributed by atoms with Gasteiger partial charge in [0.05, 0.1) is 18.4 Å². The molecule has 2 aromatic rings. The molecule has 1 atom stereocenters. The van der Waals surface area contributed by atoms with E-state index < -0.39 is 0 Å². The molecule has 3 rings (SSSR count). The summed E-state index contributed by atoms with van der Waals surface area (Å²) in [5.74, 6) is 1.45. The van der Waals surface area contributed by atoms with Crippen molar-refractivity contribution < 1.29 is 9.15 Å². The van der Waals surface area contributed by atoms with Gasteiger partial charge in [-0.25, -0.2) is 4.98 Å². The topological polar surface area (TPSA) is 64.5 Å². The van der Waals surface area contributed by atoms with Gasteiger partial charge in [0.25, 0.3) is 0 Å². The van der Waals surface area contributed by atoms with Crippen molar-refractivity contribution in [2.45, 2.75) is 19.6 Å². The number of hydrogen-bond donors (Lipinski definition) is 1. The number of nitrogens with two attached hydrogens (primary N) is 1. The van der Waals surface area contributed by atoms with Crippen molar-refractivity contribution in [1.82, 2.24) is 9.88 Å². The zero-order valence-corrected chi connectivity index (χ0v) is 13.3. The Morgan fingerprint density at radius 1 is 1.45 bits per heavy atom.